The fourth-order valence-electron chi connectivity index (χ4n) is 1.92. The normalized spacial score (nSPS) is 10.0. The summed E-state index contributed by atoms with van der Waals surface area (Å²) in [6.45, 7) is 1.01. The molecule has 0 saturated carbocycles. The molecule has 24 heavy (non-hydrogen) atoms. The number of ether oxygens (including phenoxy) is 2. The summed E-state index contributed by atoms with van der Waals surface area (Å²) in [6.07, 6.45) is 0. The summed E-state index contributed by atoms with van der Waals surface area (Å²) >= 11 is 0. The van der Waals surface area contributed by atoms with Crippen molar-refractivity contribution in [2.75, 3.05) is 13.2 Å². The second-order valence-corrected chi connectivity index (χ2v) is 4.95. The number of carbonyl (C=O) groups is 2. The molecule has 0 amide bonds. The number of hydrogen-bond acceptors (Lipinski definition) is 6. The monoisotopic (exact) mass is 329 g/mol. The summed E-state index contributed by atoms with van der Waals surface area (Å²) in [5.74, 6) is -0.667. The summed E-state index contributed by atoms with van der Waals surface area (Å²) in [5.41, 5.74) is 0.782. The third-order valence-corrected chi connectivity index (χ3v) is 3.18. The number of para-hydroxylation sites is 1. The van der Waals surface area contributed by atoms with Crippen LogP contribution in [0.3, 0.4) is 0 Å². The molecular weight excluding hydrogens is 314 g/mol. The fourth-order valence-corrected chi connectivity index (χ4v) is 1.92. The minimum absolute atomic E-state index is 0.108. The molecular formula is C17H15NO6. The van der Waals surface area contributed by atoms with Gasteiger partial charge < -0.3 is 9.47 Å². The highest BCUT2D eigenvalue weighted by Gasteiger charge is 2.14. The molecule has 0 spiro atoms. The number of nitro benzene ring substituents is 1. The quantitative estimate of drug-likeness (QED) is 0.335. The summed E-state index contributed by atoms with van der Waals surface area (Å²) in [5, 5.41) is 10.7. The smallest absolute Gasteiger partial charge is 0.344 e. The largest absolute Gasteiger partial charge is 0.482 e. The van der Waals surface area contributed by atoms with Gasteiger partial charge in [-0.2, -0.15) is 0 Å². The highest BCUT2D eigenvalue weighted by Crippen LogP contribution is 2.16. The first kappa shape index (κ1) is 17.1. The molecule has 2 aromatic carbocycles. The molecule has 0 N–H and O–H groups in total. The first-order valence-corrected chi connectivity index (χ1v) is 7.09. The van der Waals surface area contributed by atoms with Crippen LogP contribution in [0.4, 0.5) is 5.69 Å². The highest BCUT2D eigenvalue weighted by atomic mass is 16.6. The molecule has 0 heterocycles. The van der Waals surface area contributed by atoms with Crippen LogP contribution >= 0.6 is 0 Å². The van der Waals surface area contributed by atoms with E-state index in [0.717, 1.165) is 11.6 Å². The number of rotatable bonds is 7. The van der Waals surface area contributed by atoms with Crippen LogP contribution in [-0.4, -0.2) is 29.9 Å². The predicted molar refractivity (Wildman–Crippen MR) is 85.1 cm³/mol. The molecule has 7 nitrogen and oxygen atoms in total. The number of aryl methyl sites for hydroxylation is 1. The Kier molecular flexibility index (Phi) is 5.62. The number of esters is 1. The van der Waals surface area contributed by atoms with Crippen molar-refractivity contribution in [2.45, 2.75) is 6.92 Å². The van der Waals surface area contributed by atoms with Crippen LogP contribution in [0.25, 0.3) is 0 Å². The second kappa shape index (κ2) is 7.87. The van der Waals surface area contributed by atoms with Crippen molar-refractivity contribution in [1.82, 2.24) is 0 Å². The van der Waals surface area contributed by atoms with Crippen molar-refractivity contribution in [1.29, 1.82) is 0 Å². The molecule has 0 aliphatic carbocycles. The average Bonchev–Trinajstić information content (AvgIpc) is 2.59. The van der Waals surface area contributed by atoms with Crippen LogP contribution < -0.4 is 4.74 Å². The molecule has 0 aromatic heterocycles. The predicted octanol–water partition coefficient (Wildman–Crippen LogP) is 2.71. The Morgan fingerprint density at radius 1 is 1.08 bits per heavy atom. The molecule has 0 atom stereocenters. The summed E-state index contributed by atoms with van der Waals surface area (Å²) in [4.78, 5) is 33.6. The lowest BCUT2D eigenvalue weighted by molar-refractivity contribution is -0.384. The molecule has 0 aliphatic heterocycles. The minimum atomic E-state index is -0.697. The van der Waals surface area contributed by atoms with Gasteiger partial charge in [-0.3, -0.25) is 14.9 Å². The third kappa shape index (κ3) is 4.64. The highest BCUT2D eigenvalue weighted by molar-refractivity contribution is 5.98. The van der Waals surface area contributed by atoms with E-state index >= 15 is 0 Å². The number of carbonyl (C=O) groups excluding carboxylic acids is 2. The van der Waals surface area contributed by atoms with Crippen LogP contribution in [0.5, 0.6) is 5.75 Å². The molecule has 7 heteroatoms. The van der Waals surface area contributed by atoms with Gasteiger partial charge in [0.2, 0.25) is 5.78 Å². The maximum absolute atomic E-state index is 11.9. The van der Waals surface area contributed by atoms with Crippen LogP contribution in [0.1, 0.15) is 15.9 Å². The van der Waals surface area contributed by atoms with E-state index in [9.17, 15) is 19.7 Å². The zero-order valence-electron chi connectivity index (χ0n) is 12.9. The minimum Gasteiger partial charge on any atom is -0.482 e. The molecule has 124 valence electrons. The standard InChI is InChI=1S/C17H15NO6/c1-12-5-2-3-8-16(12)23-11-17(20)24-10-15(19)13-6-4-7-14(9-13)18(21)22/h2-9H,10-11H2,1H3. The maximum atomic E-state index is 11.9. The van der Waals surface area contributed by atoms with Gasteiger partial charge in [0.25, 0.3) is 5.69 Å². The molecule has 0 fully saturated rings. The van der Waals surface area contributed by atoms with E-state index in [-0.39, 0.29) is 17.9 Å². The lowest BCUT2D eigenvalue weighted by Crippen LogP contribution is -2.19. The molecule has 0 radical (unpaired) electrons. The Bertz CT molecular complexity index is 771. The van der Waals surface area contributed by atoms with Gasteiger partial charge in [0.1, 0.15) is 5.75 Å². The van der Waals surface area contributed by atoms with Crippen molar-refractivity contribution in [3.8, 4) is 5.75 Å². The van der Waals surface area contributed by atoms with E-state index in [1.807, 2.05) is 19.1 Å². The lowest BCUT2D eigenvalue weighted by atomic mass is 10.1. The number of nitrogens with zero attached hydrogens (tertiary/aromatic N) is 1. The Morgan fingerprint density at radius 3 is 2.54 bits per heavy atom. The summed E-state index contributed by atoms with van der Waals surface area (Å²) in [6, 6.07) is 12.4. The van der Waals surface area contributed by atoms with Crippen LogP contribution in [-0.2, 0) is 9.53 Å². The van der Waals surface area contributed by atoms with E-state index in [2.05, 4.69) is 0 Å². The average molecular weight is 329 g/mol. The zero-order valence-corrected chi connectivity index (χ0v) is 12.9. The van der Waals surface area contributed by atoms with Crippen molar-refractivity contribution < 1.29 is 24.0 Å². The maximum Gasteiger partial charge on any atom is 0.344 e. The van der Waals surface area contributed by atoms with Gasteiger partial charge in [0, 0.05) is 17.7 Å². The Labute approximate surface area is 138 Å². The van der Waals surface area contributed by atoms with Crippen LogP contribution in [0.15, 0.2) is 48.5 Å². The van der Waals surface area contributed by atoms with Gasteiger partial charge in [0.15, 0.2) is 13.2 Å². The number of hydrogen-bond donors (Lipinski definition) is 0. The molecule has 2 aromatic rings. The van der Waals surface area contributed by atoms with Gasteiger partial charge >= 0.3 is 5.97 Å². The van der Waals surface area contributed by atoms with Gasteiger partial charge in [-0.15, -0.1) is 0 Å². The van der Waals surface area contributed by atoms with E-state index in [1.54, 1.807) is 12.1 Å². The molecule has 2 rings (SSSR count). The molecule has 0 aliphatic rings. The van der Waals surface area contributed by atoms with E-state index < -0.39 is 23.3 Å². The fraction of sp³-hybridized carbons (Fsp3) is 0.176. The lowest BCUT2D eigenvalue weighted by Gasteiger charge is -2.08. The molecule has 0 unspecified atom stereocenters. The molecule has 0 bridgehead atoms. The number of non-ortho nitro benzene ring substituents is 1. The van der Waals surface area contributed by atoms with E-state index in [0.29, 0.717) is 5.75 Å². The van der Waals surface area contributed by atoms with Gasteiger partial charge in [-0.05, 0) is 18.6 Å². The van der Waals surface area contributed by atoms with Gasteiger partial charge in [-0.1, -0.05) is 30.3 Å². The zero-order chi connectivity index (χ0) is 17.5. The topological polar surface area (TPSA) is 95.7 Å². The number of ketones is 1. The second-order valence-electron chi connectivity index (χ2n) is 4.95. The SMILES string of the molecule is Cc1ccccc1OCC(=O)OCC(=O)c1cccc([N+](=O)[O-])c1. The van der Waals surface area contributed by atoms with Crippen molar-refractivity contribution >= 4 is 17.4 Å². The first-order chi connectivity index (χ1) is 11.5. The van der Waals surface area contributed by atoms with Gasteiger partial charge in [0.05, 0.1) is 4.92 Å². The van der Waals surface area contributed by atoms with Crippen LogP contribution in [0.2, 0.25) is 0 Å². The van der Waals surface area contributed by atoms with Crippen molar-refractivity contribution in [3.05, 3.63) is 69.8 Å². The Hall–Kier alpha value is -3.22. The van der Waals surface area contributed by atoms with Crippen molar-refractivity contribution in [2.24, 2.45) is 0 Å². The number of nitro groups is 1. The summed E-state index contributed by atoms with van der Waals surface area (Å²) < 4.78 is 10.1. The van der Waals surface area contributed by atoms with Crippen molar-refractivity contribution in [3.63, 3.8) is 0 Å². The third-order valence-electron chi connectivity index (χ3n) is 3.18. The first-order valence-electron chi connectivity index (χ1n) is 7.09. The van der Waals surface area contributed by atoms with Crippen LogP contribution in [0, 0.1) is 17.0 Å². The number of benzene rings is 2. The van der Waals surface area contributed by atoms with Gasteiger partial charge in [-0.25, -0.2) is 4.79 Å². The van der Waals surface area contributed by atoms with E-state index in [1.165, 1.54) is 18.2 Å². The molecule has 0 saturated heterocycles. The summed E-state index contributed by atoms with van der Waals surface area (Å²) in [7, 11) is 0. The Balaban J connectivity index is 1.85. The Morgan fingerprint density at radius 2 is 1.83 bits per heavy atom. The van der Waals surface area contributed by atoms with E-state index in [4.69, 9.17) is 9.47 Å². The number of Topliss-reactive ketones (excluding diaryl/α,β-unsaturated/α-hetero) is 1.